The van der Waals surface area contributed by atoms with Gasteiger partial charge in [-0.15, -0.1) is 0 Å². The van der Waals surface area contributed by atoms with Crippen LogP contribution >= 0.6 is 0 Å². The number of hydrogen-bond acceptors (Lipinski definition) is 3. The van der Waals surface area contributed by atoms with E-state index < -0.39 is 0 Å². The van der Waals surface area contributed by atoms with Gasteiger partial charge >= 0.3 is 0 Å². The van der Waals surface area contributed by atoms with Gasteiger partial charge in [-0.3, -0.25) is 4.99 Å². The van der Waals surface area contributed by atoms with Gasteiger partial charge in [0.25, 0.3) is 0 Å². The molecule has 0 bridgehead atoms. The first-order valence-corrected chi connectivity index (χ1v) is 9.55. The molecule has 0 aromatic rings. The van der Waals surface area contributed by atoms with Gasteiger partial charge in [0, 0.05) is 45.8 Å². The van der Waals surface area contributed by atoms with Crippen molar-refractivity contribution in [2.24, 2.45) is 10.9 Å². The van der Waals surface area contributed by atoms with Crippen molar-refractivity contribution in [2.75, 3.05) is 53.4 Å². The molecule has 1 aliphatic carbocycles. The Morgan fingerprint density at radius 3 is 2.39 bits per heavy atom. The highest BCUT2D eigenvalue weighted by Gasteiger charge is 2.18. The SMILES string of the molecule is CN=C(NCCCCN1CCN(C)CC1)NC1CCC(C)CC1. The van der Waals surface area contributed by atoms with Crippen LogP contribution in [0.3, 0.4) is 0 Å². The summed E-state index contributed by atoms with van der Waals surface area (Å²) in [6.07, 6.45) is 7.75. The molecule has 1 heterocycles. The average molecular weight is 324 g/mol. The molecule has 0 radical (unpaired) electrons. The number of aliphatic imine (C=N–C) groups is 1. The lowest BCUT2D eigenvalue weighted by atomic mass is 9.87. The Kier molecular flexibility index (Phi) is 8.17. The molecule has 134 valence electrons. The van der Waals surface area contributed by atoms with Crippen molar-refractivity contribution in [2.45, 2.75) is 51.5 Å². The number of hydrogen-bond donors (Lipinski definition) is 2. The normalized spacial score (nSPS) is 27.9. The number of guanidine groups is 1. The zero-order valence-electron chi connectivity index (χ0n) is 15.5. The third kappa shape index (κ3) is 7.08. The van der Waals surface area contributed by atoms with E-state index >= 15 is 0 Å². The molecular formula is C18H37N5. The molecule has 0 unspecified atom stereocenters. The van der Waals surface area contributed by atoms with Crippen molar-refractivity contribution in [1.29, 1.82) is 0 Å². The van der Waals surface area contributed by atoms with E-state index in [1.165, 1.54) is 71.2 Å². The Labute approximate surface area is 142 Å². The maximum absolute atomic E-state index is 4.38. The second kappa shape index (κ2) is 10.1. The summed E-state index contributed by atoms with van der Waals surface area (Å²) < 4.78 is 0. The van der Waals surface area contributed by atoms with E-state index in [1.54, 1.807) is 0 Å². The number of piperazine rings is 1. The fourth-order valence-corrected chi connectivity index (χ4v) is 3.53. The first-order valence-electron chi connectivity index (χ1n) is 9.55. The molecule has 1 aliphatic heterocycles. The highest BCUT2D eigenvalue weighted by Crippen LogP contribution is 2.23. The molecule has 5 heteroatoms. The molecule has 0 spiro atoms. The lowest BCUT2D eigenvalue weighted by molar-refractivity contribution is 0.152. The van der Waals surface area contributed by atoms with Crippen LogP contribution in [0.4, 0.5) is 0 Å². The molecule has 0 aromatic carbocycles. The molecule has 0 aromatic heterocycles. The van der Waals surface area contributed by atoms with Crippen LogP contribution in [0, 0.1) is 5.92 Å². The van der Waals surface area contributed by atoms with Crippen molar-refractivity contribution in [3.63, 3.8) is 0 Å². The summed E-state index contributed by atoms with van der Waals surface area (Å²) in [7, 11) is 4.10. The lowest BCUT2D eigenvalue weighted by Crippen LogP contribution is -2.45. The quantitative estimate of drug-likeness (QED) is 0.444. The van der Waals surface area contributed by atoms with E-state index in [-0.39, 0.29) is 0 Å². The maximum atomic E-state index is 4.38. The average Bonchev–Trinajstić information content (AvgIpc) is 2.57. The predicted octanol–water partition coefficient (Wildman–Crippen LogP) is 1.76. The molecule has 0 atom stereocenters. The lowest BCUT2D eigenvalue weighted by Gasteiger charge is -2.32. The minimum absolute atomic E-state index is 0.614. The number of unbranched alkanes of at least 4 members (excludes halogenated alkanes) is 1. The topological polar surface area (TPSA) is 42.9 Å². The van der Waals surface area contributed by atoms with Crippen LogP contribution in [0.2, 0.25) is 0 Å². The van der Waals surface area contributed by atoms with Gasteiger partial charge in [0.2, 0.25) is 0 Å². The van der Waals surface area contributed by atoms with Gasteiger partial charge in [-0.2, -0.15) is 0 Å². The standard InChI is InChI=1S/C18H37N5/c1-16-6-8-17(9-7-16)21-18(19-2)20-10-4-5-11-23-14-12-22(3)13-15-23/h16-17H,4-15H2,1-3H3,(H2,19,20,21). The van der Waals surface area contributed by atoms with Crippen LogP contribution in [0.5, 0.6) is 0 Å². The highest BCUT2D eigenvalue weighted by atomic mass is 15.2. The summed E-state index contributed by atoms with van der Waals surface area (Å²) >= 11 is 0. The van der Waals surface area contributed by atoms with Crippen LogP contribution in [-0.4, -0.2) is 75.2 Å². The summed E-state index contributed by atoms with van der Waals surface area (Å²) in [6, 6.07) is 0.614. The molecule has 2 aliphatic rings. The Morgan fingerprint density at radius 1 is 1.04 bits per heavy atom. The summed E-state index contributed by atoms with van der Waals surface area (Å²) in [4.78, 5) is 9.39. The molecule has 2 N–H and O–H groups in total. The number of rotatable bonds is 6. The maximum Gasteiger partial charge on any atom is 0.191 e. The molecule has 2 rings (SSSR count). The summed E-state index contributed by atoms with van der Waals surface area (Å²) in [5, 5.41) is 7.08. The van der Waals surface area contributed by atoms with Gasteiger partial charge in [0.05, 0.1) is 0 Å². The van der Waals surface area contributed by atoms with Gasteiger partial charge in [-0.1, -0.05) is 6.92 Å². The zero-order chi connectivity index (χ0) is 16.5. The zero-order valence-corrected chi connectivity index (χ0v) is 15.5. The molecule has 5 nitrogen and oxygen atoms in total. The van der Waals surface area contributed by atoms with Gasteiger partial charge in [0.1, 0.15) is 0 Å². The van der Waals surface area contributed by atoms with E-state index in [9.17, 15) is 0 Å². The van der Waals surface area contributed by atoms with Crippen LogP contribution < -0.4 is 10.6 Å². The molecule has 1 saturated heterocycles. The number of nitrogens with one attached hydrogen (secondary N) is 2. The van der Waals surface area contributed by atoms with E-state index in [2.05, 4.69) is 39.4 Å². The highest BCUT2D eigenvalue weighted by molar-refractivity contribution is 5.79. The van der Waals surface area contributed by atoms with Gasteiger partial charge in [0.15, 0.2) is 5.96 Å². The monoisotopic (exact) mass is 323 g/mol. The Bertz CT molecular complexity index is 341. The predicted molar refractivity (Wildman–Crippen MR) is 99.1 cm³/mol. The van der Waals surface area contributed by atoms with E-state index in [4.69, 9.17) is 0 Å². The third-order valence-corrected chi connectivity index (χ3v) is 5.37. The molecule has 2 fully saturated rings. The third-order valence-electron chi connectivity index (χ3n) is 5.37. The second-order valence-corrected chi connectivity index (χ2v) is 7.45. The van der Waals surface area contributed by atoms with E-state index in [0.29, 0.717) is 6.04 Å². The number of nitrogens with zero attached hydrogens (tertiary/aromatic N) is 3. The summed E-state index contributed by atoms with van der Waals surface area (Å²) in [5.74, 6) is 1.89. The largest absolute Gasteiger partial charge is 0.356 e. The van der Waals surface area contributed by atoms with Crippen LogP contribution in [0.15, 0.2) is 4.99 Å². The molecular weight excluding hydrogens is 286 g/mol. The molecule has 23 heavy (non-hydrogen) atoms. The molecule has 1 saturated carbocycles. The van der Waals surface area contributed by atoms with Crippen LogP contribution in [-0.2, 0) is 0 Å². The Hall–Kier alpha value is -0.810. The van der Waals surface area contributed by atoms with Crippen LogP contribution in [0.1, 0.15) is 45.4 Å². The van der Waals surface area contributed by atoms with Gasteiger partial charge in [-0.25, -0.2) is 0 Å². The smallest absolute Gasteiger partial charge is 0.191 e. The van der Waals surface area contributed by atoms with Gasteiger partial charge in [-0.05, 0) is 58.0 Å². The Morgan fingerprint density at radius 2 is 1.74 bits per heavy atom. The minimum Gasteiger partial charge on any atom is -0.356 e. The van der Waals surface area contributed by atoms with Crippen molar-refractivity contribution >= 4 is 5.96 Å². The summed E-state index contributed by atoms with van der Waals surface area (Å²) in [5.41, 5.74) is 0. The van der Waals surface area contributed by atoms with Crippen molar-refractivity contribution in [3.05, 3.63) is 0 Å². The van der Waals surface area contributed by atoms with E-state index in [1.807, 2.05) is 7.05 Å². The van der Waals surface area contributed by atoms with Gasteiger partial charge < -0.3 is 20.4 Å². The van der Waals surface area contributed by atoms with Crippen molar-refractivity contribution < 1.29 is 0 Å². The fourth-order valence-electron chi connectivity index (χ4n) is 3.53. The first kappa shape index (κ1) is 18.5. The van der Waals surface area contributed by atoms with E-state index in [0.717, 1.165) is 18.4 Å². The molecule has 0 amide bonds. The fraction of sp³-hybridized carbons (Fsp3) is 0.944. The van der Waals surface area contributed by atoms with Crippen LogP contribution in [0.25, 0.3) is 0 Å². The Balaban J connectivity index is 1.52. The summed E-state index contributed by atoms with van der Waals surface area (Å²) in [6.45, 7) is 9.52. The number of likely N-dealkylation sites (N-methyl/N-ethyl adjacent to an activating group) is 1. The van der Waals surface area contributed by atoms with Crippen molar-refractivity contribution in [1.82, 2.24) is 20.4 Å². The van der Waals surface area contributed by atoms with Crippen molar-refractivity contribution in [3.8, 4) is 0 Å². The second-order valence-electron chi connectivity index (χ2n) is 7.45. The first-order chi connectivity index (χ1) is 11.2. The minimum atomic E-state index is 0.614.